The van der Waals surface area contributed by atoms with Crippen molar-refractivity contribution in [1.29, 1.82) is 0 Å². The van der Waals surface area contributed by atoms with Crippen LogP contribution in [-0.2, 0) is 0 Å². The van der Waals surface area contributed by atoms with Crippen LogP contribution in [0.1, 0.15) is 11.5 Å². The molecule has 0 fully saturated rings. The van der Waals surface area contributed by atoms with E-state index in [9.17, 15) is 0 Å². The summed E-state index contributed by atoms with van der Waals surface area (Å²) in [7, 11) is 0. The average molecular weight is 523 g/mol. The van der Waals surface area contributed by atoms with Gasteiger partial charge in [0.05, 0.1) is 0 Å². The summed E-state index contributed by atoms with van der Waals surface area (Å²) in [4.78, 5) is 0. The second-order valence-corrected chi connectivity index (χ2v) is 11.2. The summed E-state index contributed by atoms with van der Waals surface area (Å²) in [6, 6.07) is 44.4. The van der Waals surface area contributed by atoms with Crippen LogP contribution in [0, 0.1) is 0 Å². The molecule has 0 saturated carbocycles. The zero-order chi connectivity index (χ0) is 26.9. The molecule has 0 saturated heterocycles. The largest absolute Gasteiger partial charge is 0.484 e. The zero-order valence-corrected chi connectivity index (χ0v) is 22.4. The SMILES string of the molecule is C1=CC2Oc3c(-c4ccc5cc(-c6ccc7ccccc7c6)ccc5c4)c4ccccc4c4cccc(c34)C2C=C1. The van der Waals surface area contributed by atoms with Gasteiger partial charge in [0.1, 0.15) is 11.9 Å². The summed E-state index contributed by atoms with van der Waals surface area (Å²) < 4.78 is 6.89. The van der Waals surface area contributed by atoms with Crippen LogP contribution in [0.15, 0.2) is 146 Å². The van der Waals surface area contributed by atoms with E-state index in [1.807, 2.05) is 0 Å². The Morgan fingerprint density at radius 1 is 0.463 bits per heavy atom. The quantitative estimate of drug-likeness (QED) is 0.205. The molecule has 9 rings (SSSR count). The van der Waals surface area contributed by atoms with Crippen molar-refractivity contribution in [3.05, 3.63) is 151 Å². The van der Waals surface area contributed by atoms with Crippen molar-refractivity contribution in [2.75, 3.05) is 0 Å². The molecule has 0 amide bonds. The van der Waals surface area contributed by atoms with Gasteiger partial charge in [0.2, 0.25) is 0 Å². The van der Waals surface area contributed by atoms with Crippen LogP contribution in [0.5, 0.6) is 5.75 Å². The highest BCUT2D eigenvalue weighted by Crippen LogP contribution is 2.51. The van der Waals surface area contributed by atoms with Gasteiger partial charge in [0.25, 0.3) is 0 Å². The Balaban J connectivity index is 1.25. The molecule has 0 radical (unpaired) electrons. The second-order valence-electron chi connectivity index (χ2n) is 11.2. The van der Waals surface area contributed by atoms with Gasteiger partial charge >= 0.3 is 0 Å². The lowest BCUT2D eigenvalue weighted by Gasteiger charge is -2.34. The van der Waals surface area contributed by atoms with Crippen LogP contribution in [-0.4, -0.2) is 6.10 Å². The molecule has 2 aliphatic rings. The number of benzene rings is 7. The van der Waals surface area contributed by atoms with Gasteiger partial charge in [-0.05, 0) is 84.2 Å². The van der Waals surface area contributed by atoms with Crippen LogP contribution >= 0.6 is 0 Å². The van der Waals surface area contributed by atoms with Crippen molar-refractivity contribution >= 4 is 43.1 Å². The van der Waals surface area contributed by atoms with Crippen molar-refractivity contribution in [2.45, 2.75) is 12.0 Å². The van der Waals surface area contributed by atoms with E-state index in [0.717, 1.165) is 5.75 Å². The number of ether oxygens (including phenoxy) is 1. The molecule has 1 heteroatoms. The van der Waals surface area contributed by atoms with Crippen molar-refractivity contribution in [3.8, 4) is 28.0 Å². The molecule has 7 aromatic rings. The lowest BCUT2D eigenvalue weighted by Crippen LogP contribution is -2.27. The molecule has 1 aliphatic carbocycles. The summed E-state index contributed by atoms with van der Waals surface area (Å²) >= 11 is 0. The molecule has 1 nitrogen and oxygen atoms in total. The number of rotatable bonds is 2. The van der Waals surface area contributed by atoms with Gasteiger partial charge in [-0.3, -0.25) is 0 Å². The van der Waals surface area contributed by atoms with E-state index in [4.69, 9.17) is 4.74 Å². The molecule has 1 aliphatic heterocycles. The fourth-order valence-electron chi connectivity index (χ4n) is 6.98. The van der Waals surface area contributed by atoms with Crippen molar-refractivity contribution in [2.24, 2.45) is 0 Å². The van der Waals surface area contributed by atoms with Gasteiger partial charge < -0.3 is 4.74 Å². The Morgan fingerprint density at radius 3 is 1.90 bits per heavy atom. The van der Waals surface area contributed by atoms with Gasteiger partial charge in [-0.25, -0.2) is 0 Å². The molecule has 192 valence electrons. The van der Waals surface area contributed by atoms with Crippen molar-refractivity contribution in [3.63, 3.8) is 0 Å². The summed E-state index contributed by atoms with van der Waals surface area (Å²) in [5.74, 6) is 1.23. The lowest BCUT2D eigenvalue weighted by atomic mass is 9.81. The Morgan fingerprint density at radius 2 is 1.07 bits per heavy atom. The second kappa shape index (κ2) is 8.68. The number of fused-ring (bicyclic) bond motifs is 6. The maximum atomic E-state index is 6.89. The number of hydrogen-bond acceptors (Lipinski definition) is 1. The molecule has 41 heavy (non-hydrogen) atoms. The van der Waals surface area contributed by atoms with Crippen molar-refractivity contribution in [1.82, 2.24) is 0 Å². The number of allylic oxidation sites excluding steroid dienone is 2. The Hall–Kier alpha value is -5.14. The standard InChI is InChI=1S/C40H26O/c1-2-9-26-22-27(17-16-25(26)8-1)28-18-19-30-24-31(21-20-29(30)23-28)38-34-12-4-3-10-32(34)35-13-7-14-36-33-11-5-6-15-37(33)41-40(38)39(35)36/h1-24,33,37H. The first-order valence-corrected chi connectivity index (χ1v) is 14.3. The third-order valence-electron chi connectivity index (χ3n) is 8.95. The van der Waals surface area contributed by atoms with E-state index in [2.05, 4.69) is 146 Å². The van der Waals surface area contributed by atoms with Crippen LogP contribution in [0.4, 0.5) is 0 Å². The Bertz CT molecular complexity index is 2250. The van der Waals surface area contributed by atoms with E-state index in [0.29, 0.717) is 0 Å². The molecule has 0 spiro atoms. The maximum absolute atomic E-state index is 6.89. The van der Waals surface area contributed by atoms with E-state index in [1.165, 1.54) is 70.9 Å². The number of hydrogen-bond donors (Lipinski definition) is 0. The lowest BCUT2D eigenvalue weighted by molar-refractivity contribution is 0.228. The first-order chi connectivity index (χ1) is 20.3. The summed E-state index contributed by atoms with van der Waals surface area (Å²) in [6.45, 7) is 0. The normalized spacial score (nSPS) is 17.3. The first-order valence-electron chi connectivity index (χ1n) is 14.3. The van der Waals surface area contributed by atoms with Gasteiger partial charge in [0.15, 0.2) is 0 Å². The molecule has 2 atom stereocenters. The highest BCUT2D eigenvalue weighted by Gasteiger charge is 2.33. The minimum atomic E-state index is 0.00276. The molecule has 7 aromatic carbocycles. The predicted molar refractivity (Wildman–Crippen MR) is 173 cm³/mol. The van der Waals surface area contributed by atoms with Crippen LogP contribution in [0.25, 0.3) is 65.3 Å². The predicted octanol–water partition coefficient (Wildman–Crippen LogP) is 10.6. The fourth-order valence-corrected chi connectivity index (χ4v) is 6.98. The summed E-state index contributed by atoms with van der Waals surface area (Å²) in [5.41, 5.74) is 6.19. The molecular weight excluding hydrogens is 496 g/mol. The van der Waals surface area contributed by atoms with E-state index < -0.39 is 0 Å². The molecule has 2 unspecified atom stereocenters. The Kier molecular flexibility index (Phi) is 4.80. The van der Waals surface area contributed by atoms with E-state index in [-0.39, 0.29) is 12.0 Å². The van der Waals surface area contributed by atoms with Gasteiger partial charge in [-0.1, -0.05) is 121 Å². The van der Waals surface area contributed by atoms with E-state index in [1.54, 1.807) is 0 Å². The minimum absolute atomic E-state index is 0.00276. The van der Waals surface area contributed by atoms with Crippen LogP contribution in [0.3, 0.4) is 0 Å². The summed E-state index contributed by atoms with van der Waals surface area (Å²) in [6.07, 6.45) is 8.73. The monoisotopic (exact) mass is 522 g/mol. The van der Waals surface area contributed by atoms with Gasteiger partial charge in [-0.2, -0.15) is 0 Å². The molecule has 0 N–H and O–H groups in total. The first kappa shape index (κ1) is 22.7. The van der Waals surface area contributed by atoms with E-state index >= 15 is 0 Å². The Labute approximate surface area is 238 Å². The molecule has 0 bridgehead atoms. The summed E-state index contributed by atoms with van der Waals surface area (Å²) in [5, 5.41) is 10.0. The third kappa shape index (κ3) is 3.42. The molecule has 0 aromatic heterocycles. The molecule has 1 heterocycles. The maximum Gasteiger partial charge on any atom is 0.136 e. The van der Waals surface area contributed by atoms with Crippen LogP contribution in [0.2, 0.25) is 0 Å². The topological polar surface area (TPSA) is 9.23 Å². The van der Waals surface area contributed by atoms with Crippen molar-refractivity contribution < 1.29 is 4.74 Å². The highest BCUT2D eigenvalue weighted by atomic mass is 16.5. The highest BCUT2D eigenvalue weighted by molar-refractivity contribution is 6.19. The smallest absolute Gasteiger partial charge is 0.136 e. The third-order valence-corrected chi connectivity index (χ3v) is 8.95. The fraction of sp³-hybridized carbons (Fsp3) is 0.0500. The minimum Gasteiger partial charge on any atom is -0.484 e. The van der Waals surface area contributed by atoms with Crippen LogP contribution < -0.4 is 4.74 Å². The molecular formula is C40H26O. The zero-order valence-electron chi connectivity index (χ0n) is 22.4. The average Bonchev–Trinajstić information content (AvgIpc) is 3.04. The van der Waals surface area contributed by atoms with Gasteiger partial charge in [-0.15, -0.1) is 0 Å². The van der Waals surface area contributed by atoms with Gasteiger partial charge in [0, 0.05) is 16.9 Å².